The van der Waals surface area contributed by atoms with Gasteiger partial charge in [0.1, 0.15) is 5.75 Å². The molecule has 0 radical (unpaired) electrons. The average Bonchev–Trinajstić information content (AvgIpc) is 2.44. The first kappa shape index (κ1) is 16.8. The van der Waals surface area contributed by atoms with E-state index in [-0.39, 0.29) is 18.4 Å². The van der Waals surface area contributed by atoms with Crippen molar-refractivity contribution in [3.8, 4) is 5.75 Å². The number of carbonyl (C=O) groups excluding carboxylic acids is 1. The van der Waals surface area contributed by atoms with Gasteiger partial charge in [-0.15, -0.1) is 0 Å². The number of amides is 2. The molecule has 1 unspecified atom stereocenters. The second-order valence-corrected chi connectivity index (χ2v) is 4.94. The highest BCUT2D eigenvalue weighted by atomic mass is 16.5. The molecule has 0 saturated carbocycles. The van der Waals surface area contributed by atoms with E-state index < -0.39 is 5.97 Å². The summed E-state index contributed by atoms with van der Waals surface area (Å²) in [7, 11) is 1.61. The standard InChI is InChI=1S/C15H22N2O4/c1-11(8-14(18)19)10-17-15(20)16-7-6-12-4-3-5-13(9-12)21-2/h3-5,9,11H,6-8,10H2,1-2H3,(H,18,19)(H2,16,17,20). The van der Waals surface area contributed by atoms with Crippen LogP contribution in [-0.4, -0.2) is 37.3 Å². The first-order valence-corrected chi connectivity index (χ1v) is 6.87. The smallest absolute Gasteiger partial charge is 0.314 e. The van der Waals surface area contributed by atoms with Gasteiger partial charge in [0.2, 0.25) is 0 Å². The fourth-order valence-corrected chi connectivity index (χ4v) is 1.85. The Morgan fingerprint density at radius 3 is 2.76 bits per heavy atom. The molecule has 116 valence electrons. The molecule has 6 heteroatoms. The lowest BCUT2D eigenvalue weighted by atomic mass is 10.1. The number of urea groups is 1. The summed E-state index contributed by atoms with van der Waals surface area (Å²) in [5, 5.41) is 14.0. The minimum Gasteiger partial charge on any atom is -0.497 e. The van der Waals surface area contributed by atoms with Crippen LogP contribution in [0.1, 0.15) is 18.9 Å². The SMILES string of the molecule is COc1cccc(CCNC(=O)NCC(C)CC(=O)O)c1. The second-order valence-electron chi connectivity index (χ2n) is 4.94. The van der Waals surface area contributed by atoms with Crippen molar-refractivity contribution in [1.29, 1.82) is 0 Å². The zero-order valence-corrected chi connectivity index (χ0v) is 12.4. The van der Waals surface area contributed by atoms with E-state index in [4.69, 9.17) is 9.84 Å². The number of carbonyl (C=O) groups is 2. The summed E-state index contributed by atoms with van der Waals surface area (Å²) < 4.78 is 5.13. The molecule has 6 nitrogen and oxygen atoms in total. The molecule has 0 aliphatic rings. The van der Waals surface area contributed by atoms with Gasteiger partial charge in [0.25, 0.3) is 0 Å². The van der Waals surface area contributed by atoms with Gasteiger partial charge < -0.3 is 20.5 Å². The molecule has 0 spiro atoms. The zero-order chi connectivity index (χ0) is 15.7. The summed E-state index contributed by atoms with van der Waals surface area (Å²) >= 11 is 0. The van der Waals surface area contributed by atoms with Crippen LogP contribution in [0.4, 0.5) is 4.79 Å². The highest BCUT2D eigenvalue weighted by Crippen LogP contribution is 2.12. The first-order valence-electron chi connectivity index (χ1n) is 6.87. The lowest BCUT2D eigenvalue weighted by Crippen LogP contribution is -2.39. The molecule has 0 aliphatic heterocycles. The monoisotopic (exact) mass is 294 g/mol. The van der Waals surface area contributed by atoms with Crippen LogP contribution in [0, 0.1) is 5.92 Å². The molecule has 1 rings (SSSR count). The average molecular weight is 294 g/mol. The summed E-state index contributed by atoms with van der Waals surface area (Å²) in [5.74, 6) is -0.159. The Balaban J connectivity index is 2.22. The number of methoxy groups -OCH3 is 1. The summed E-state index contributed by atoms with van der Waals surface area (Å²) in [6, 6.07) is 7.39. The van der Waals surface area contributed by atoms with Crippen molar-refractivity contribution < 1.29 is 19.4 Å². The number of rotatable bonds is 8. The molecule has 1 aromatic rings. The molecule has 0 fully saturated rings. The van der Waals surface area contributed by atoms with Crippen molar-refractivity contribution in [1.82, 2.24) is 10.6 Å². The van der Waals surface area contributed by atoms with E-state index in [1.165, 1.54) is 0 Å². The number of carboxylic acid groups (broad SMARTS) is 1. The van der Waals surface area contributed by atoms with Crippen LogP contribution < -0.4 is 15.4 Å². The number of carboxylic acids is 1. The Bertz CT molecular complexity index is 476. The van der Waals surface area contributed by atoms with Crippen molar-refractivity contribution in [2.24, 2.45) is 5.92 Å². The van der Waals surface area contributed by atoms with Gasteiger partial charge in [-0.05, 0) is 30.0 Å². The van der Waals surface area contributed by atoms with Gasteiger partial charge in [-0.1, -0.05) is 19.1 Å². The number of hydrogen-bond donors (Lipinski definition) is 3. The molecule has 0 aliphatic carbocycles. The Kier molecular flexibility index (Phi) is 7.08. The normalized spacial score (nSPS) is 11.5. The third-order valence-electron chi connectivity index (χ3n) is 2.97. The maximum Gasteiger partial charge on any atom is 0.314 e. The van der Waals surface area contributed by atoms with Gasteiger partial charge >= 0.3 is 12.0 Å². The van der Waals surface area contributed by atoms with Crippen molar-refractivity contribution in [2.75, 3.05) is 20.2 Å². The maximum atomic E-state index is 11.6. The van der Waals surface area contributed by atoms with Crippen LogP contribution in [0.3, 0.4) is 0 Å². The number of nitrogens with one attached hydrogen (secondary N) is 2. The molecular weight excluding hydrogens is 272 g/mol. The molecule has 0 bridgehead atoms. The van der Waals surface area contributed by atoms with Gasteiger partial charge in [0.05, 0.1) is 7.11 Å². The van der Waals surface area contributed by atoms with Gasteiger partial charge in [-0.25, -0.2) is 4.79 Å². The van der Waals surface area contributed by atoms with E-state index >= 15 is 0 Å². The van der Waals surface area contributed by atoms with E-state index in [1.54, 1.807) is 14.0 Å². The molecular formula is C15H22N2O4. The van der Waals surface area contributed by atoms with Crippen molar-refractivity contribution in [2.45, 2.75) is 19.8 Å². The molecule has 0 heterocycles. The Hall–Kier alpha value is -2.24. The van der Waals surface area contributed by atoms with Gasteiger partial charge in [0, 0.05) is 19.5 Å². The van der Waals surface area contributed by atoms with Gasteiger partial charge in [-0.2, -0.15) is 0 Å². The zero-order valence-electron chi connectivity index (χ0n) is 12.4. The molecule has 3 N–H and O–H groups in total. The van der Waals surface area contributed by atoms with Crippen LogP contribution in [0.25, 0.3) is 0 Å². The lowest BCUT2D eigenvalue weighted by Gasteiger charge is -2.11. The third kappa shape index (κ3) is 7.20. The summed E-state index contributed by atoms with van der Waals surface area (Å²) in [6.07, 6.45) is 0.749. The fraction of sp³-hybridized carbons (Fsp3) is 0.467. The molecule has 1 atom stereocenters. The largest absolute Gasteiger partial charge is 0.497 e. The molecule has 1 aromatic carbocycles. The van der Waals surface area contributed by atoms with Crippen LogP contribution in [-0.2, 0) is 11.2 Å². The second kappa shape index (κ2) is 8.84. The molecule has 21 heavy (non-hydrogen) atoms. The fourth-order valence-electron chi connectivity index (χ4n) is 1.85. The predicted molar refractivity (Wildman–Crippen MR) is 79.5 cm³/mol. The Morgan fingerprint density at radius 2 is 2.10 bits per heavy atom. The Labute approximate surface area is 124 Å². The van der Waals surface area contributed by atoms with Crippen molar-refractivity contribution >= 4 is 12.0 Å². The maximum absolute atomic E-state index is 11.6. The van der Waals surface area contributed by atoms with Crippen molar-refractivity contribution in [3.63, 3.8) is 0 Å². The summed E-state index contributed by atoms with van der Waals surface area (Å²) in [6.45, 7) is 2.63. The van der Waals surface area contributed by atoms with E-state index in [0.717, 1.165) is 11.3 Å². The van der Waals surface area contributed by atoms with Gasteiger partial charge in [-0.3, -0.25) is 4.79 Å². The number of hydrogen-bond acceptors (Lipinski definition) is 3. The minimum absolute atomic E-state index is 0.0457. The molecule has 2 amide bonds. The van der Waals surface area contributed by atoms with Gasteiger partial charge in [0.15, 0.2) is 0 Å². The van der Waals surface area contributed by atoms with E-state index in [2.05, 4.69) is 10.6 Å². The highest BCUT2D eigenvalue weighted by molar-refractivity contribution is 5.74. The van der Waals surface area contributed by atoms with Crippen LogP contribution in [0.5, 0.6) is 5.75 Å². The summed E-state index contributed by atoms with van der Waals surface area (Å²) in [4.78, 5) is 22.0. The minimum atomic E-state index is -0.859. The number of aliphatic carboxylic acids is 1. The van der Waals surface area contributed by atoms with Crippen LogP contribution in [0.2, 0.25) is 0 Å². The Morgan fingerprint density at radius 1 is 1.33 bits per heavy atom. The first-order chi connectivity index (χ1) is 10.0. The third-order valence-corrected chi connectivity index (χ3v) is 2.97. The topological polar surface area (TPSA) is 87.7 Å². The molecule has 0 aromatic heterocycles. The van der Waals surface area contributed by atoms with Crippen LogP contribution >= 0.6 is 0 Å². The van der Waals surface area contributed by atoms with E-state index in [0.29, 0.717) is 19.5 Å². The molecule has 0 saturated heterocycles. The van der Waals surface area contributed by atoms with Crippen LogP contribution in [0.15, 0.2) is 24.3 Å². The lowest BCUT2D eigenvalue weighted by molar-refractivity contribution is -0.137. The highest BCUT2D eigenvalue weighted by Gasteiger charge is 2.08. The summed E-state index contributed by atoms with van der Waals surface area (Å²) in [5.41, 5.74) is 1.08. The number of benzene rings is 1. The predicted octanol–water partition coefficient (Wildman–Crippen LogP) is 1.65. The number of ether oxygens (including phenoxy) is 1. The van der Waals surface area contributed by atoms with E-state index in [1.807, 2.05) is 24.3 Å². The van der Waals surface area contributed by atoms with E-state index in [9.17, 15) is 9.59 Å². The quantitative estimate of drug-likeness (QED) is 0.680. The van der Waals surface area contributed by atoms with Crippen molar-refractivity contribution in [3.05, 3.63) is 29.8 Å².